The Morgan fingerprint density at radius 3 is 2.16 bits per heavy atom. The Balaban J connectivity index is 2.05. The fourth-order valence-corrected chi connectivity index (χ4v) is 3.06. The van der Waals surface area contributed by atoms with Crippen LogP contribution >= 0.6 is 0 Å². The molecular weight excluding hydrogens is 240 g/mol. The van der Waals surface area contributed by atoms with Gasteiger partial charge in [-0.15, -0.1) is 0 Å². The first-order valence-corrected chi connectivity index (χ1v) is 7.42. The van der Waals surface area contributed by atoms with Crippen molar-refractivity contribution in [3.8, 4) is 0 Å². The Kier molecular flexibility index (Phi) is 3.94. The van der Waals surface area contributed by atoms with E-state index in [0.29, 0.717) is 18.5 Å². The highest BCUT2D eigenvalue weighted by Gasteiger charge is 2.53. The van der Waals surface area contributed by atoms with Gasteiger partial charge in [-0.3, -0.25) is 10.1 Å². The molecule has 1 atom stereocenters. The molecule has 2 aliphatic carbocycles. The van der Waals surface area contributed by atoms with E-state index in [-0.39, 0.29) is 5.41 Å². The highest BCUT2D eigenvalue weighted by atomic mass is 16.4. The van der Waals surface area contributed by atoms with E-state index < -0.39 is 11.5 Å². The zero-order valence-electron chi connectivity index (χ0n) is 12.7. The zero-order chi connectivity index (χ0) is 14.3. The molecule has 4 heteroatoms. The van der Waals surface area contributed by atoms with Gasteiger partial charge in [-0.2, -0.15) is 0 Å². The summed E-state index contributed by atoms with van der Waals surface area (Å²) in [5.41, 5.74) is -0.525. The van der Waals surface area contributed by atoms with Gasteiger partial charge in [-0.05, 0) is 44.1 Å². The molecule has 110 valence electrons. The van der Waals surface area contributed by atoms with Crippen molar-refractivity contribution in [2.45, 2.75) is 58.0 Å². The third kappa shape index (κ3) is 3.93. The fourth-order valence-electron chi connectivity index (χ4n) is 3.06. The van der Waals surface area contributed by atoms with Crippen molar-refractivity contribution in [2.75, 3.05) is 20.1 Å². The minimum atomic E-state index is -0.721. The number of carbonyl (C=O) groups is 1. The second-order valence-corrected chi connectivity index (χ2v) is 7.70. The number of hydrogen-bond donors (Lipinski definition) is 2. The number of carboxylic acid groups (broad SMARTS) is 1. The highest BCUT2D eigenvalue weighted by Crippen LogP contribution is 2.42. The molecular formula is C15H28N2O2. The molecule has 2 fully saturated rings. The average Bonchev–Trinajstić information content (AvgIpc) is 3.08. The maximum atomic E-state index is 11.9. The number of nitrogens with one attached hydrogen (secondary N) is 1. The van der Waals surface area contributed by atoms with Gasteiger partial charge in [-0.25, -0.2) is 0 Å². The lowest BCUT2D eigenvalue weighted by atomic mass is 9.90. The van der Waals surface area contributed by atoms with Gasteiger partial charge in [0.1, 0.15) is 5.54 Å². The van der Waals surface area contributed by atoms with Crippen LogP contribution in [0.25, 0.3) is 0 Å². The molecule has 2 N–H and O–H groups in total. The van der Waals surface area contributed by atoms with Crippen LogP contribution in [0, 0.1) is 11.3 Å². The third-order valence-corrected chi connectivity index (χ3v) is 3.96. The maximum absolute atomic E-state index is 11.9. The third-order valence-electron chi connectivity index (χ3n) is 3.96. The predicted molar refractivity (Wildman–Crippen MR) is 76.2 cm³/mol. The Morgan fingerprint density at radius 1 is 1.21 bits per heavy atom. The molecule has 4 nitrogen and oxygen atoms in total. The highest BCUT2D eigenvalue weighted by molar-refractivity contribution is 5.80. The number of hydrogen-bond acceptors (Lipinski definition) is 3. The molecule has 0 amide bonds. The van der Waals surface area contributed by atoms with Gasteiger partial charge in [-0.1, -0.05) is 20.8 Å². The molecule has 0 bridgehead atoms. The molecule has 2 rings (SSSR count). The summed E-state index contributed by atoms with van der Waals surface area (Å²) in [7, 11) is 2.04. The van der Waals surface area contributed by atoms with Crippen molar-refractivity contribution >= 4 is 5.97 Å². The number of carboxylic acids is 1. The minimum Gasteiger partial charge on any atom is -0.480 e. The van der Waals surface area contributed by atoms with E-state index in [1.54, 1.807) is 0 Å². The van der Waals surface area contributed by atoms with Crippen molar-refractivity contribution in [3.05, 3.63) is 0 Å². The van der Waals surface area contributed by atoms with Crippen LogP contribution in [0.5, 0.6) is 0 Å². The van der Waals surface area contributed by atoms with Crippen LogP contribution in [-0.2, 0) is 4.79 Å². The van der Waals surface area contributed by atoms with Crippen LogP contribution in [-0.4, -0.2) is 47.7 Å². The van der Waals surface area contributed by atoms with Crippen LogP contribution < -0.4 is 5.32 Å². The fraction of sp³-hybridized carbons (Fsp3) is 0.933. The van der Waals surface area contributed by atoms with Gasteiger partial charge in [0.05, 0.1) is 0 Å². The van der Waals surface area contributed by atoms with Crippen LogP contribution in [0.1, 0.15) is 46.5 Å². The SMILES string of the molecule is CN(CC(C)(C)C)CC(NC1CC1)(C(=O)O)C1CC1. The number of likely N-dealkylation sites (N-methyl/N-ethyl adjacent to an activating group) is 1. The first-order valence-electron chi connectivity index (χ1n) is 7.42. The van der Waals surface area contributed by atoms with E-state index in [4.69, 9.17) is 0 Å². The first-order chi connectivity index (χ1) is 8.73. The molecule has 0 heterocycles. The lowest BCUT2D eigenvalue weighted by molar-refractivity contribution is -0.147. The molecule has 0 aromatic carbocycles. The molecule has 1 unspecified atom stereocenters. The maximum Gasteiger partial charge on any atom is 0.325 e. The monoisotopic (exact) mass is 268 g/mol. The van der Waals surface area contributed by atoms with E-state index in [9.17, 15) is 9.90 Å². The Labute approximate surface area is 116 Å². The van der Waals surface area contributed by atoms with Gasteiger partial charge < -0.3 is 10.0 Å². The Morgan fingerprint density at radius 2 is 1.79 bits per heavy atom. The minimum absolute atomic E-state index is 0.197. The lowest BCUT2D eigenvalue weighted by Gasteiger charge is -2.37. The summed E-state index contributed by atoms with van der Waals surface area (Å²) in [6, 6.07) is 0.430. The Bertz CT molecular complexity index is 343. The molecule has 0 aliphatic heterocycles. The molecule has 0 radical (unpaired) electrons. The van der Waals surface area contributed by atoms with Crippen molar-refractivity contribution in [2.24, 2.45) is 11.3 Å². The average molecular weight is 268 g/mol. The predicted octanol–water partition coefficient (Wildman–Crippen LogP) is 1.95. The largest absolute Gasteiger partial charge is 0.480 e. The standard InChI is InChI=1S/C15H28N2O2/c1-14(2,3)9-17(4)10-15(13(18)19,11-5-6-11)16-12-7-8-12/h11-12,16H,5-10H2,1-4H3,(H,18,19). The number of nitrogens with zero attached hydrogens (tertiary/aromatic N) is 1. The second-order valence-electron chi connectivity index (χ2n) is 7.70. The van der Waals surface area contributed by atoms with E-state index in [0.717, 1.165) is 32.2 Å². The zero-order valence-corrected chi connectivity index (χ0v) is 12.7. The number of aliphatic carboxylic acids is 1. The van der Waals surface area contributed by atoms with E-state index in [1.165, 1.54) is 0 Å². The molecule has 0 saturated heterocycles. The van der Waals surface area contributed by atoms with E-state index in [1.807, 2.05) is 7.05 Å². The number of rotatable bonds is 7. The first kappa shape index (κ1) is 14.8. The second kappa shape index (κ2) is 5.06. The van der Waals surface area contributed by atoms with Crippen LogP contribution in [0.15, 0.2) is 0 Å². The summed E-state index contributed by atoms with van der Waals surface area (Å²) in [6.45, 7) is 8.11. The molecule has 19 heavy (non-hydrogen) atoms. The van der Waals surface area contributed by atoms with E-state index in [2.05, 4.69) is 31.0 Å². The van der Waals surface area contributed by atoms with Gasteiger partial charge in [0.25, 0.3) is 0 Å². The van der Waals surface area contributed by atoms with Crippen molar-refractivity contribution in [1.82, 2.24) is 10.2 Å². The van der Waals surface area contributed by atoms with Gasteiger partial charge in [0.15, 0.2) is 0 Å². The molecule has 2 saturated carbocycles. The van der Waals surface area contributed by atoms with E-state index >= 15 is 0 Å². The molecule has 0 spiro atoms. The quantitative estimate of drug-likeness (QED) is 0.741. The topological polar surface area (TPSA) is 52.6 Å². The molecule has 2 aliphatic rings. The smallest absolute Gasteiger partial charge is 0.325 e. The van der Waals surface area contributed by atoms with Crippen LogP contribution in [0.3, 0.4) is 0 Å². The van der Waals surface area contributed by atoms with Crippen molar-refractivity contribution < 1.29 is 9.90 Å². The van der Waals surface area contributed by atoms with Gasteiger partial charge in [0.2, 0.25) is 0 Å². The summed E-state index contributed by atoms with van der Waals surface area (Å²) in [5.74, 6) is -0.351. The normalized spacial score (nSPS) is 23.4. The summed E-state index contributed by atoms with van der Waals surface area (Å²) in [6.07, 6.45) is 4.36. The summed E-state index contributed by atoms with van der Waals surface area (Å²) < 4.78 is 0. The lowest BCUT2D eigenvalue weighted by Crippen LogP contribution is -2.61. The van der Waals surface area contributed by atoms with Crippen LogP contribution in [0.2, 0.25) is 0 Å². The molecule has 0 aromatic heterocycles. The van der Waals surface area contributed by atoms with Crippen LogP contribution in [0.4, 0.5) is 0 Å². The van der Waals surface area contributed by atoms with Crippen molar-refractivity contribution in [3.63, 3.8) is 0 Å². The van der Waals surface area contributed by atoms with Gasteiger partial charge in [0, 0.05) is 19.1 Å². The summed E-state index contributed by atoms with van der Waals surface area (Å²) in [5, 5.41) is 13.2. The van der Waals surface area contributed by atoms with Crippen molar-refractivity contribution in [1.29, 1.82) is 0 Å². The summed E-state index contributed by atoms with van der Waals surface area (Å²) >= 11 is 0. The van der Waals surface area contributed by atoms with Gasteiger partial charge >= 0.3 is 5.97 Å². The summed E-state index contributed by atoms with van der Waals surface area (Å²) in [4.78, 5) is 14.1. The molecule has 0 aromatic rings. The Hall–Kier alpha value is -0.610.